The van der Waals surface area contributed by atoms with Crippen molar-refractivity contribution in [1.82, 2.24) is 0 Å². The van der Waals surface area contributed by atoms with E-state index in [1.54, 1.807) is 0 Å². The number of nitrogens with one attached hydrogen (secondary N) is 1. The molecule has 1 aliphatic carbocycles. The second kappa shape index (κ2) is 5.13. The summed E-state index contributed by atoms with van der Waals surface area (Å²) in [5.74, 6) is 0.630. The summed E-state index contributed by atoms with van der Waals surface area (Å²) in [6, 6.07) is 4.33. The second-order valence-corrected chi connectivity index (χ2v) is 7.28. The molecule has 1 saturated carbocycles. The van der Waals surface area contributed by atoms with Crippen molar-refractivity contribution in [3.8, 4) is 0 Å². The van der Waals surface area contributed by atoms with Gasteiger partial charge in [0.1, 0.15) is 0 Å². The van der Waals surface area contributed by atoms with Gasteiger partial charge in [0.25, 0.3) is 0 Å². The van der Waals surface area contributed by atoms with Gasteiger partial charge in [0.15, 0.2) is 0 Å². The van der Waals surface area contributed by atoms with Gasteiger partial charge in [-0.25, -0.2) is 0 Å². The molecule has 1 amide bonds. The van der Waals surface area contributed by atoms with Crippen molar-refractivity contribution in [2.75, 3.05) is 5.32 Å². The van der Waals surface area contributed by atoms with Crippen molar-refractivity contribution >= 4 is 11.6 Å². The van der Waals surface area contributed by atoms with Crippen LogP contribution in [0, 0.1) is 12.8 Å². The molecule has 1 heterocycles. The highest BCUT2D eigenvalue weighted by molar-refractivity contribution is 6.06. The van der Waals surface area contributed by atoms with Crippen molar-refractivity contribution in [2.24, 2.45) is 11.7 Å². The zero-order valence-electron chi connectivity index (χ0n) is 13.3. The van der Waals surface area contributed by atoms with Crippen LogP contribution in [0.1, 0.15) is 68.7 Å². The third-order valence-corrected chi connectivity index (χ3v) is 5.31. The van der Waals surface area contributed by atoms with Gasteiger partial charge in [-0.15, -0.1) is 0 Å². The zero-order chi connectivity index (χ0) is 15.2. The van der Waals surface area contributed by atoms with Crippen molar-refractivity contribution in [3.05, 3.63) is 28.8 Å². The van der Waals surface area contributed by atoms with Crippen LogP contribution in [0.15, 0.2) is 12.1 Å². The quantitative estimate of drug-likeness (QED) is 0.868. The normalized spacial score (nSPS) is 22.8. The Bertz CT molecular complexity index is 571. The van der Waals surface area contributed by atoms with Gasteiger partial charge in [0.2, 0.25) is 5.91 Å². The third kappa shape index (κ3) is 2.38. The van der Waals surface area contributed by atoms with E-state index >= 15 is 0 Å². The van der Waals surface area contributed by atoms with Gasteiger partial charge >= 0.3 is 0 Å². The van der Waals surface area contributed by atoms with Crippen molar-refractivity contribution in [1.29, 1.82) is 0 Å². The highest BCUT2D eigenvalue weighted by atomic mass is 16.2. The van der Waals surface area contributed by atoms with Crippen molar-refractivity contribution in [2.45, 2.75) is 64.3 Å². The van der Waals surface area contributed by atoms with E-state index in [0.29, 0.717) is 5.92 Å². The zero-order valence-corrected chi connectivity index (χ0v) is 13.3. The van der Waals surface area contributed by atoms with Gasteiger partial charge in [-0.2, -0.15) is 0 Å². The van der Waals surface area contributed by atoms with Crippen molar-refractivity contribution in [3.63, 3.8) is 0 Å². The fourth-order valence-electron chi connectivity index (χ4n) is 3.85. The van der Waals surface area contributed by atoms with E-state index in [0.717, 1.165) is 16.8 Å². The van der Waals surface area contributed by atoms with Crippen LogP contribution in [0.3, 0.4) is 0 Å². The molecule has 1 aromatic rings. The summed E-state index contributed by atoms with van der Waals surface area (Å²) in [7, 11) is 0. The number of amides is 1. The minimum Gasteiger partial charge on any atom is -0.325 e. The first kappa shape index (κ1) is 14.6. The fraction of sp³-hybridized carbons (Fsp3) is 0.611. The number of carbonyl (C=O) groups excluding carboxylic acids is 1. The summed E-state index contributed by atoms with van der Waals surface area (Å²) in [4.78, 5) is 12.3. The molecule has 0 saturated heterocycles. The molecule has 1 aromatic carbocycles. The Balaban J connectivity index is 2.02. The molecule has 1 fully saturated rings. The lowest BCUT2D eigenvalue weighted by Gasteiger charge is -2.29. The number of fused-ring (bicyclic) bond motifs is 1. The molecule has 21 heavy (non-hydrogen) atoms. The first-order chi connectivity index (χ1) is 9.91. The number of benzene rings is 1. The molecule has 3 nitrogen and oxygen atoms in total. The SMILES string of the molecule is Cc1cc(C(N)C2CCCCC2)c2c(c1)C(C)(C)C(=O)N2. The first-order valence-electron chi connectivity index (χ1n) is 8.13. The molecule has 0 spiro atoms. The van der Waals surface area contributed by atoms with Gasteiger partial charge in [-0.05, 0) is 50.7 Å². The Hall–Kier alpha value is -1.35. The Morgan fingerprint density at radius 1 is 1.24 bits per heavy atom. The summed E-state index contributed by atoms with van der Waals surface area (Å²) < 4.78 is 0. The highest BCUT2D eigenvalue weighted by Gasteiger charge is 2.40. The van der Waals surface area contributed by atoms with Crippen LogP contribution in [0.5, 0.6) is 0 Å². The summed E-state index contributed by atoms with van der Waals surface area (Å²) >= 11 is 0. The second-order valence-electron chi connectivity index (χ2n) is 7.28. The molecule has 3 N–H and O–H groups in total. The van der Waals surface area contributed by atoms with Crippen LogP contribution in [-0.2, 0) is 10.2 Å². The van der Waals surface area contributed by atoms with Gasteiger partial charge < -0.3 is 11.1 Å². The smallest absolute Gasteiger partial charge is 0.234 e. The van der Waals surface area contributed by atoms with Crippen LogP contribution < -0.4 is 11.1 Å². The average Bonchev–Trinajstić information content (AvgIpc) is 2.69. The maximum Gasteiger partial charge on any atom is 0.234 e. The Morgan fingerprint density at radius 2 is 1.90 bits per heavy atom. The third-order valence-electron chi connectivity index (χ3n) is 5.31. The molecule has 114 valence electrons. The Labute approximate surface area is 127 Å². The van der Waals surface area contributed by atoms with E-state index < -0.39 is 5.41 Å². The molecule has 1 aliphatic heterocycles. The highest BCUT2D eigenvalue weighted by Crippen LogP contribution is 2.44. The molecule has 3 rings (SSSR count). The first-order valence-corrected chi connectivity index (χ1v) is 8.13. The monoisotopic (exact) mass is 286 g/mol. The topological polar surface area (TPSA) is 55.1 Å². The number of nitrogens with two attached hydrogens (primary N) is 1. The lowest BCUT2D eigenvalue weighted by molar-refractivity contribution is -0.119. The van der Waals surface area contributed by atoms with Gasteiger partial charge in [-0.3, -0.25) is 4.79 Å². The van der Waals surface area contributed by atoms with Gasteiger partial charge in [0.05, 0.1) is 5.41 Å². The molecule has 0 aromatic heterocycles. The fourth-order valence-corrected chi connectivity index (χ4v) is 3.85. The number of hydrogen-bond acceptors (Lipinski definition) is 2. The number of hydrogen-bond donors (Lipinski definition) is 2. The number of carbonyl (C=O) groups is 1. The maximum absolute atomic E-state index is 12.3. The van der Waals surface area contributed by atoms with E-state index in [1.807, 2.05) is 13.8 Å². The minimum absolute atomic E-state index is 0.0353. The predicted molar refractivity (Wildman–Crippen MR) is 86.3 cm³/mol. The molecular formula is C18H26N2O. The van der Waals surface area contributed by atoms with Crippen LogP contribution in [-0.4, -0.2) is 5.91 Å². The number of rotatable bonds is 2. The van der Waals surface area contributed by atoms with Crippen LogP contribution in [0.2, 0.25) is 0 Å². The molecule has 1 unspecified atom stereocenters. The standard InChI is InChI=1S/C18H26N2O/c1-11-9-13(15(19)12-7-5-4-6-8-12)16-14(10-11)18(2,3)17(21)20-16/h9-10,12,15H,4-8,19H2,1-3H3,(H,20,21). The molecule has 1 atom stereocenters. The van der Waals surface area contributed by atoms with E-state index in [1.165, 1.54) is 37.7 Å². The molecule has 3 heteroatoms. The Kier molecular flexibility index (Phi) is 3.56. The number of aryl methyl sites for hydroxylation is 1. The molecule has 2 aliphatic rings. The lowest BCUT2D eigenvalue weighted by Crippen LogP contribution is -2.26. The van der Waals surface area contributed by atoms with Crippen molar-refractivity contribution < 1.29 is 4.79 Å². The minimum atomic E-state index is -0.456. The van der Waals surface area contributed by atoms with E-state index in [4.69, 9.17) is 5.73 Å². The summed E-state index contributed by atoms with van der Waals surface area (Å²) in [5.41, 5.74) is 10.6. The molecule has 0 bridgehead atoms. The Morgan fingerprint density at radius 3 is 2.57 bits per heavy atom. The van der Waals surface area contributed by atoms with E-state index in [2.05, 4.69) is 24.4 Å². The summed E-state index contributed by atoms with van der Waals surface area (Å²) in [6.07, 6.45) is 6.32. The van der Waals surface area contributed by atoms with Crippen LogP contribution >= 0.6 is 0 Å². The molecular weight excluding hydrogens is 260 g/mol. The lowest BCUT2D eigenvalue weighted by atomic mass is 9.78. The average molecular weight is 286 g/mol. The summed E-state index contributed by atoms with van der Waals surface area (Å²) in [6.45, 7) is 6.07. The largest absolute Gasteiger partial charge is 0.325 e. The van der Waals surface area contributed by atoms with Gasteiger partial charge in [-0.1, -0.05) is 37.0 Å². The van der Waals surface area contributed by atoms with E-state index in [9.17, 15) is 4.79 Å². The van der Waals surface area contributed by atoms with E-state index in [-0.39, 0.29) is 11.9 Å². The van der Waals surface area contributed by atoms with Crippen LogP contribution in [0.25, 0.3) is 0 Å². The number of anilines is 1. The summed E-state index contributed by atoms with van der Waals surface area (Å²) in [5, 5.41) is 3.08. The maximum atomic E-state index is 12.3. The predicted octanol–water partition coefficient (Wildman–Crippen LogP) is 3.80. The van der Waals surface area contributed by atoms with Crippen LogP contribution in [0.4, 0.5) is 5.69 Å². The molecule has 0 radical (unpaired) electrons. The van der Waals surface area contributed by atoms with Gasteiger partial charge in [0, 0.05) is 11.7 Å².